The van der Waals surface area contributed by atoms with Crippen LogP contribution in [0, 0.1) is 0 Å². The zero-order valence-corrected chi connectivity index (χ0v) is 10.1. The Bertz CT molecular complexity index is 382. The summed E-state index contributed by atoms with van der Waals surface area (Å²) in [5.41, 5.74) is 0. The third kappa shape index (κ3) is 4.60. The van der Waals surface area contributed by atoms with Gasteiger partial charge in [0.2, 0.25) is 0 Å². The smallest absolute Gasteiger partial charge is 0.258 e. The number of phenols is 1. The van der Waals surface area contributed by atoms with E-state index < -0.39 is 11.9 Å². The van der Waals surface area contributed by atoms with Gasteiger partial charge in [-0.3, -0.25) is 4.79 Å². The van der Waals surface area contributed by atoms with Gasteiger partial charge in [0, 0.05) is 7.11 Å². The number of aliphatic hydroxyl groups excluding tert-OH is 1. The first-order chi connectivity index (χ1) is 8.67. The molecule has 0 aromatic heterocycles. The van der Waals surface area contributed by atoms with Crippen molar-refractivity contribution in [3.63, 3.8) is 0 Å². The molecule has 3 N–H and O–H groups in total. The summed E-state index contributed by atoms with van der Waals surface area (Å²) in [6, 6.07) is 5.91. The van der Waals surface area contributed by atoms with Gasteiger partial charge in [-0.2, -0.15) is 0 Å². The van der Waals surface area contributed by atoms with E-state index in [0.29, 0.717) is 0 Å². The zero-order chi connectivity index (χ0) is 13.4. The lowest BCUT2D eigenvalue weighted by atomic mass is 10.3. The van der Waals surface area contributed by atoms with Crippen LogP contribution in [0.3, 0.4) is 0 Å². The number of aromatic hydroxyl groups is 1. The molecule has 1 atom stereocenters. The molecule has 0 heterocycles. The predicted octanol–water partition coefficient (Wildman–Crippen LogP) is -0.106. The zero-order valence-electron chi connectivity index (χ0n) is 10.1. The lowest BCUT2D eigenvalue weighted by Crippen LogP contribution is -2.42. The minimum atomic E-state index is -0.463. The Balaban J connectivity index is 2.39. The van der Waals surface area contributed by atoms with Gasteiger partial charge in [0.15, 0.2) is 18.1 Å². The van der Waals surface area contributed by atoms with Crippen LogP contribution in [0.5, 0.6) is 11.5 Å². The number of ether oxygens (including phenoxy) is 2. The van der Waals surface area contributed by atoms with Crippen molar-refractivity contribution >= 4 is 5.91 Å². The number of para-hydroxylation sites is 2. The maximum Gasteiger partial charge on any atom is 0.258 e. The quantitative estimate of drug-likeness (QED) is 0.633. The van der Waals surface area contributed by atoms with E-state index in [-0.39, 0.29) is 31.3 Å². The normalized spacial score (nSPS) is 11.9. The molecule has 0 bridgehead atoms. The molecule has 1 aromatic rings. The first-order valence-electron chi connectivity index (χ1n) is 5.47. The van der Waals surface area contributed by atoms with Crippen LogP contribution in [-0.4, -0.2) is 49.1 Å². The fourth-order valence-corrected chi connectivity index (χ4v) is 1.33. The van der Waals surface area contributed by atoms with Crippen LogP contribution in [0.2, 0.25) is 0 Å². The summed E-state index contributed by atoms with van der Waals surface area (Å²) in [6.45, 7) is -0.229. The molecule has 0 fully saturated rings. The summed E-state index contributed by atoms with van der Waals surface area (Å²) < 4.78 is 9.96. The van der Waals surface area contributed by atoms with Gasteiger partial charge in [-0.25, -0.2) is 0 Å². The first kappa shape index (κ1) is 14.3. The number of nitrogens with one attached hydrogen (secondary N) is 1. The second kappa shape index (κ2) is 7.52. The molecule has 6 heteroatoms. The number of phenolic OH excluding ortho intramolecular Hbond substituents is 1. The third-order valence-corrected chi connectivity index (χ3v) is 2.18. The van der Waals surface area contributed by atoms with E-state index >= 15 is 0 Å². The van der Waals surface area contributed by atoms with E-state index in [1.165, 1.54) is 13.2 Å². The number of carbonyl (C=O) groups excluding carboxylic acids is 1. The third-order valence-electron chi connectivity index (χ3n) is 2.18. The summed E-state index contributed by atoms with van der Waals surface area (Å²) in [7, 11) is 1.48. The Kier molecular flexibility index (Phi) is 5.96. The first-order valence-corrected chi connectivity index (χ1v) is 5.47. The molecule has 1 amide bonds. The van der Waals surface area contributed by atoms with Gasteiger partial charge in [-0.15, -0.1) is 0 Å². The number of carbonyl (C=O) groups is 1. The molecule has 0 aliphatic heterocycles. The van der Waals surface area contributed by atoms with Gasteiger partial charge in [0.1, 0.15) is 0 Å². The summed E-state index contributed by atoms with van der Waals surface area (Å²) in [5.74, 6) is -0.185. The van der Waals surface area contributed by atoms with Crippen molar-refractivity contribution in [1.29, 1.82) is 0 Å². The summed E-state index contributed by atoms with van der Waals surface area (Å²) in [6.07, 6.45) is 0. The van der Waals surface area contributed by atoms with Crippen molar-refractivity contribution in [2.75, 3.05) is 26.9 Å². The fourth-order valence-electron chi connectivity index (χ4n) is 1.33. The summed E-state index contributed by atoms with van der Waals surface area (Å²) in [5, 5.41) is 20.9. The number of aliphatic hydroxyl groups is 1. The number of hydrogen-bond acceptors (Lipinski definition) is 5. The maximum absolute atomic E-state index is 11.5. The Morgan fingerprint density at radius 2 is 2.17 bits per heavy atom. The standard InChI is InChI=1S/C12H17NO5/c1-17-7-9(6-14)13-12(16)8-18-11-5-3-2-4-10(11)15/h2-5,9,14-15H,6-8H2,1H3,(H,13,16). The van der Waals surface area contributed by atoms with Crippen LogP contribution in [0.4, 0.5) is 0 Å². The molecule has 0 radical (unpaired) electrons. The predicted molar refractivity (Wildman–Crippen MR) is 64.5 cm³/mol. The highest BCUT2D eigenvalue weighted by molar-refractivity contribution is 5.77. The van der Waals surface area contributed by atoms with Crippen molar-refractivity contribution < 1.29 is 24.5 Å². The average molecular weight is 255 g/mol. The van der Waals surface area contributed by atoms with Crippen molar-refractivity contribution in [1.82, 2.24) is 5.32 Å². The van der Waals surface area contributed by atoms with Crippen LogP contribution in [-0.2, 0) is 9.53 Å². The molecule has 0 saturated carbocycles. The molecule has 0 aliphatic carbocycles. The van der Waals surface area contributed by atoms with E-state index in [1.54, 1.807) is 18.2 Å². The van der Waals surface area contributed by atoms with E-state index in [4.69, 9.17) is 14.6 Å². The van der Waals surface area contributed by atoms with Gasteiger partial charge in [-0.05, 0) is 12.1 Å². The van der Waals surface area contributed by atoms with E-state index in [9.17, 15) is 9.90 Å². The number of methoxy groups -OCH3 is 1. The molecular weight excluding hydrogens is 238 g/mol. The van der Waals surface area contributed by atoms with Gasteiger partial charge in [0.25, 0.3) is 5.91 Å². The molecule has 0 spiro atoms. The minimum absolute atomic E-state index is 0.0269. The SMILES string of the molecule is COCC(CO)NC(=O)COc1ccccc1O. The Hall–Kier alpha value is -1.79. The second-order valence-corrected chi connectivity index (χ2v) is 3.66. The molecule has 1 aromatic carbocycles. The fraction of sp³-hybridized carbons (Fsp3) is 0.417. The van der Waals surface area contributed by atoms with Crippen molar-refractivity contribution in [2.45, 2.75) is 6.04 Å². The van der Waals surface area contributed by atoms with E-state index in [0.717, 1.165) is 0 Å². The van der Waals surface area contributed by atoms with Crippen LogP contribution >= 0.6 is 0 Å². The van der Waals surface area contributed by atoms with Crippen molar-refractivity contribution in [3.05, 3.63) is 24.3 Å². The van der Waals surface area contributed by atoms with Crippen molar-refractivity contribution in [2.24, 2.45) is 0 Å². The second-order valence-electron chi connectivity index (χ2n) is 3.66. The maximum atomic E-state index is 11.5. The largest absolute Gasteiger partial charge is 0.504 e. The van der Waals surface area contributed by atoms with Crippen LogP contribution in [0.15, 0.2) is 24.3 Å². The van der Waals surface area contributed by atoms with Crippen LogP contribution < -0.4 is 10.1 Å². The molecule has 6 nitrogen and oxygen atoms in total. The Morgan fingerprint density at radius 3 is 2.78 bits per heavy atom. The number of amides is 1. The highest BCUT2D eigenvalue weighted by atomic mass is 16.5. The van der Waals surface area contributed by atoms with Gasteiger partial charge < -0.3 is 25.0 Å². The monoisotopic (exact) mass is 255 g/mol. The van der Waals surface area contributed by atoms with Gasteiger partial charge >= 0.3 is 0 Å². The molecular formula is C12H17NO5. The van der Waals surface area contributed by atoms with E-state index in [2.05, 4.69) is 5.32 Å². The summed E-state index contributed by atoms with van der Waals surface area (Å²) in [4.78, 5) is 11.5. The average Bonchev–Trinajstić information content (AvgIpc) is 2.37. The molecule has 100 valence electrons. The van der Waals surface area contributed by atoms with Gasteiger partial charge in [0.05, 0.1) is 19.3 Å². The lowest BCUT2D eigenvalue weighted by molar-refractivity contribution is -0.124. The van der Waals surface area contributed by atoms with Crippen LogP contribution in [0.1, 0.15) is 0 Å². The minimum Gasteiger partial charge on any atom is -0.504 e. The highest BCUT2D eigenvalue weighted by Gasteiger charge is 2.12. The molecule has 1 unspecified atom stereocenters. The highest BCUT2D eigenvalue weighted by Crippen LogP contribution is 2.23. The molecule has 0 aliphatic rings. The van der Waals surface area contributed by atoms with Gasteiger partial charge in [-0.1, -0.05) is 12.1 Å². The van der Waals surface area contributed by atoms with E-state index in [1.807, 2.05) is 0 Å². The van der Waals surface area contributed by atoms with Crippen LogP contribution in [0.25, 0.3) is 0 Å². The molecule has 0 saturated heterocycles. The Morgan fingerprint density at radius 1 is 1.44 bits per heavy atom. The Labute approximate surface area is 105 Å². The number of hydrogen-bond donors (Lipinski definition) is 3. The lowest BCUT2D eigenvalue weighted by Gasteiger charge is -2.15. The number of benzene rings is 1. The topological polar surface area (TPSA) is 88.0 Å². The molecule has 18 heavy (non-hydrogen) atoms. The molecule has 1 rings (SSSR count). The summed E-state index contributed by atoms with van der Waals surface area (Å²) >= 11 is 0. The van der Waals surface area contributed by atoms with Crippen molar-refractivity contribution in [3.8, 4) is 11.5 Å². The number of rotatable bonds is 7.